The van der Waals surface area contributed by atoms with Gasteiger partial charge in [-0.05, 0) is 30.7 Å². The van der Waals surface area contributed by atoms with Crippen molar-refractivity contribution >= 4 is 15.9 Å². The summed E-state index contributed by atoms with van der Waals surface area (Å²) in [5.74, 6) is 0.0326. The first kappa shape index (κ1) is 18.6. The van der Waals surface area contributed by atoms with Crippen molar-refractivity contribution in [3.05, 3.63) is 54.4 Å². The van der Waals surface area contributed by atoms with E-state index in [1.165, 1.54) is 22.5 Å². The molecule has 3 rings (SSSR count). The second kappa shape index (κ2) is 8.01. The Morgan fingerprint density at radius 3 is 2.46 bits per heavy atom. The van der Waals surface area contributed by atoms with Crippen LogP contribution in [0.1, 0.15) is 6.42 Å². The Hall–Kier alpha value is -2.19. The van der Waals surface area contributed by atoms with Crippen molar-refractivity contribution in [1.29, 1.82) is 0 Å². The molecule has 1 aromatic carbocycles. The first-order valence-electron chi connectivity index (χ1n) is 8.45. The maximum absolute atomic E-state index is 13.0. The van der Waals surface area contributed by atoms with Crippen LogP contribution in [0.25, 0.3) is 0 Å². The summed E-state index contributed by atoms with van der Waals surface area (Å²) in [6.45, 7) is 1.02. The molecule has 0 spiro atoms. The molecular weight excluding hydrogens is 359 g/mol. The molecule has 140 valence electrons. The van der Waals surface area contributed by atoms with Gasteiger partial charge in [0.25, 0.3) is 5.91 Å². The second-order valence-corrected chi connectivity index (χ2v) is 8.30. The summed E-state index contributed by atoms with van der Waals surface area (Å²) in [7, 11) is -3.55. The number of halogens is 1. The summed E-state index contributed by atoms with van der Waals surface area (Å²) in [6.07, 6.45) is 3.99. The Kier molecular flexibility index (Phi) is 5.73. The highest BCUT2D eigenvalue weighted by Crippen LogP contribution is 2.22. The van der Waals surface area contributed by atoms with Crippen molar-refractivity contribution in [1.82, 2.24) is 9.21 Å². The van der Waals surface area contributed by atoms with Crippen LogP contribution in [0.2, 0.25) is 0 Å². The number of amides is 1. The monoisotopic (exact) mass is 380 g/mol. The zero-order valence-corrected chi connectivity index (χ0v) is 15.1. The lowest BCUT2D eigenvalue weighted by molar-refractivity contribution is -0.134. The average Bonchev–Trinajstić information content (AvgIpc) is 2.67. The van der Waals surface area contributed by atoms with Gasteiger partial charge in [0, 0.05) is 26.2 Å². The van der Waals surface area contributed by atoms with Crippen LogP contribution in [0.3, 0.4) is 0 Å². The molecule has 1 aliphatic heterocycles. The molecule has 0 saturated carbocycles. The standard InChI is InChI=1S/C18H21FN2O4S/c19-15-6-8-17(9-7-15)26(23,24)21-12-10-20(11-13-21)18(22)14-25-16-4-2-1-3-5-16/h1-8,17H,9-14H2. The minimum atomic E-state index is -3.55. The molecule has 1 amide bonds. The Balaban J connectivity index is 1.50. The molecule has 1 fully saturated rings. The van der Waals surface area contributed by atoms with Gasteiger partial charge >= 0.3 is 0 Å². The van der Waals surface area contributed by atoms with E-state index >= 15 is 0 Å². The molecule has 0 aromatic heterocycles. The Labute approximate surface area is 152 Å². The highest BCUT2D eigenvalue weighted by atomic mass is 32.2. The molecule has 1 heterocycles. The molecule has 0 N–H and O–H groups in total. The molecule has 1 saturated heterocycles. The van der Waals surface area contributed by atoms with E-state index in [9.17, 15) is 17.6 Å². The summed E-state index contributed by atoms with van der Waals surface area (Å²) in [5.41, 5.74) is 0. The van der Waals surface area contributed by atoms with Crippen LogP contribution in [0, 0.1) is 0 Å². The third-order valence-corrected chi connectivity index (χ3v) is 6.65. The van der Waals surface area contributed by atoms with E-state index < -0.39 is 21.1 Å². The Bertz CT molecular complexity index is 800. The summed E-state index contributed by atoms with van der Waals surface area (Å²) < 4.78 is 45.1. The normalized spacial score (nSPS) is 21.3. The number of hydrogen-bond acceptors (Lipinski definition) is 4. The van der Waals surface area contributed by atoms with Crippen LogP contribution in [-0.4, -0.2) is 61.6 Å². The number of rotatable bonds is 5. The molecule has 0 radical (unpaired) electrons. The topological polar surface area (TPSA) is 66.9 Å². The average molecular weight is 380 g/mol. The number of nitrogens with zero attached hydrogens (tertiary/aromatic N) is 2. The number of allylic oxidation sites excluding steroid dienone is 3. The van der Waals surface area contributed by atoms with Crippen molar-refractivity contribution in [2.45, 2.75) is 11.7 Å². The molecule has 6 nitrogen and oxygen atoms in total. The van der Waals surface area contributed by atoms with E-state index in [2.05, 4.69) is 0 Å². The van der Waals surface area contributed by atoms with Gasteiger partial charge in [-0.3, -0.25) is 4.79 Å². The van der Waals surface area contributed by atoms with Crippen molar-refractivity contribution in [3.8, 4) is 5.75 Å². The Morgan fingerprint density at radius 2 is 1.85 bits per heavy atom. The van der Waals surface area contributed by atoms with E-state index in [-0.39, 0.29) is 32.0 Å². The summed E-state index contributed by atoms with van der Waals surface area (Å²) in [5, 5.41) is -0.745. The first-order chi connectivity index (χ1) is 12.5. The minimum absolute atomic E-state index is 0.0772. The lowest BCUT2D eigenvalue weighted by Gasteiger charge is -2.35. The number of benzene rings is 1. The SMILES string of the molecule is O=C(COc1ccccc1)N1CCN(S(=O)(=O)C2C=CC(F)=CC2)CC1. The van der Waals surface area contributed by atoms with Crippen molar-refractivity contribution in [2.75, 3.05) is 32.8 Å². The molecule has 1 unspecified atom stereocenters. The van der Waals surface area contributed by atoms with Crippen molar-refractivity contribution in [3.63, 3.8) is 0 Å². The van der Waals surface area contributed by atoms with Gasteiger partial charge in [-0.2, -0.15) is 4.31 Å². The van der Waals surface area contributed by atoms with Crippen LogP contribution >= 0.6 is 0 Å². The smallest absolute Gasteiger partial charge is 0.260 e. The van der Waals surface area contributed by atoms with E-state index in [1.54, 1.807) is 17.0 Å². The number of ether oxygens (including phenoxy) is 1. The summed E-state index contributed by atoms with van der Waals surface area (Å²) >= 11 is 0. The minimum Gasteiger partial charge on any atom is -0.484 e. The molecule has 0 bridgehead atoms. The molecule has 1 aliphatic carbocycles. The Morgan fingerprint density at radius 1 is 1.15 bits per heavy atom. The third kappa shape index (κ3) is 4.31. The van der Waals surface area contributed by atoms with Gasteiger partial charge in [0.2, 0.25) is 10.0 Å². The summed E-state index contributed by atoms with van der Waals surface area (Å²) in [6, 6.07) is 9.05. The van der Waals surface area contributed by atoms with Gasteiger partial charge < -0.3 is 9.64 Å². The largest absolute Gasteiger partial charge is 0.484 e. The van der Waals surface area contributed by atoms with Gasteiger partial charge in [0.15, 0.2) is 6.61 Å². The number of carbonyl (C=O) groups excluding carboxylic acids is 1. The molecule has 8 heteroatoms. The van der Waals surface area contributed by atoms with Gasteiger partial charge in [-0.15, -0.1) is 0 Å². The fourth-order valence-corrected chi connectivity index (χ4v) is 4.60. The van der Waals surface area contributed by atoms with Gasteiger partial charge in [-0.1, -0.05) is 24.3 Å². The quantitative estimate of drug-likeness (QED) is 0.780. The zero-order chi connectivity index (χ0) is 18.6. The van der Waals surface area contributed by atoms with Crippen LogP contribution in [0.5, 0.6) is 5.75 Å². The molecule has 2 aliphatic rings. The maximum atomic E-state index is 13.0. The number of piperazine rings is 1. The van der Waals surface area contributed by atoms with E-state index in [4.69, 9.17) is 4.74 Å². The van der Waals surface area contributed by atoms with Gasteiger partial charge in [0.1, 0.15) is 11.6 Å². The van der Waals surface area contributed by atoms with E-state index in [1.807, 2.05) is 18.2 Å². The van der Waals surface area contributed by atoms with Crippen LogP contribution in [0.15, 0.2) is 54.4 Å². The third-order valence-electron chi connectivity index (χ3n) is 4.45. The highest BCUT2D eigenvalue weighted by molar-refractivity contribution is 7.89. The van der Waals surface area contributed by atoms with Crippen LogP contribution in [-0.2, 0) is 14.8 Å². The number of hydrogen-bond donors (Lipinski definition) is 0. The number of carbonyl (C=O) groups is 1. The van der Waals surface area contributed by atoms with Crippen LogP contribution in [0.4, 0.5) is 4.39 Å². The van der Waals surface area contributed by atoms with E-state index in [0.717, 1.165) is 0 Å². The maximum Gasteiger partial charge on any atom is 0.260 e. The first-order valence-corrected chi connectivity index (χ1v) is 9.95. The predicted molar refractivity (Wildman–Crippen MR) is 95.7 cm³/mol. The van der Waals surface area contributed by atoms with E-state index in [0.29, 0.717) is 18.8 Å². The van der Waals surface area contributed by atoms with Crippen molar-refractivity contribution < 1.29 is 22.3 Å². The van der Waals surface area contributed by atoms with Crippen LogP contribution < -0.4 is 4.74 Å². The highest BCUT2D eigenvalue weighted by Gasteiger charge is 2.34. The summed E-state index contributed by atoms with van der Waals surface area (Å²) in [4.78, 5) is 13.8. The fraction of sp³-hybridized carbons (Fsp3) is 0.389. The molecule has 1 aromatic rings. The molecule has 1 atom stereocenters. The van der Waals surface area contributed by atoms with Gasteiger partial charge in [-0.25, -0.2) is 12.8 Å². The lowest BCUT2D eigenvalue weighted by Crippen LogP contribution is -2.53. The predicted octanol–water partition coefficient (Wildman–Crippen LogP) is 1.72. The fourth-order valence-electron chi connectivity index (χ4n) is 2.93. The number of sulfonamides is 1. The van der Waals surface area contributed by atoms with Gasteiger partial charge in [0.05, 0.1) is 5.25 Å². The zero-order valence-electron chi connectivity index (χ0n) is 14.3. The molecule has 26 heavy (non-hydrogen) atoms. The molecular formula is C18H21FN2O4S. The number of para-hydroxylation sites is 1. The second-order valence-electron chi connectivity index (χ2n) is 6.15. The van der Waals surface area contributed by atoms with Crippen molar-refractivity contribution in [2.24, 2.45) is 0 Å². The lowest BCUT2D eigenvalue weighted by atomic mass is 10.2.